The van der Waals surface area contributed by atoms with E-state index < -0.39 is 0 Å². The number of aromatic nitrogens is 1. The Labute approximate surface area is 297 Å². The van der Waals surface area contributed by atoms with E-state index in [0.29, 0.717) is 0 Å². The lowest BCUT2D eigenvalue weighted by atomic mass is 9.70. The van der Waals surface area contributed by atoms with Crippen LogP contribution in [0.3, 0.4) is 0 Å². The molecule has 0 bridgehead atoms. The van der Waals surface area contributed by atoms with Gasteiger partial charge in [0, 0.05) is 21.7 Å². The van der Waals surface area contributed by atoms with Crippen molar-refractivity contribution in [3.63, 3.8) is 0 Å². The van der Waals surface area contributed by atoms with Crippen molar-refractivity contribution in [2.24, 2.45) is 0 Å². The number of nitrogens with zero attached hydrogens (tertiary/aromatic N) is 1. The zero-order chi connectivity index (χ0) is 33.5. The van der Waals surface area contributed by atoms with Crippen LogP contribution < -0.4 is 0 Å². The molecular weight excluding hydrogens is 615 g/mol. The molecule has 11 rings (SSSR count). The number of rotatable bonds is 3. The van der Waals surface area contributed by atoms with Crippen LogP contribution in [0.15, 0.2) is 188 Å². The Morgan fingerprint density at radius 2 is 0.843 bits per heavy atom. The standard InChI is InChI=1S/C50H31N/c1-2-14-32(15-3-1)33-16-12-17-34(30-33)35-18-13-19-36(31-35)49-41-28-29-45-48(47(41)40-23-7-11-27-46(40)51-49)39-22-6-10-26-44(39)50(45)42-24-8-4-20-37(42)38-21-5-9-25-43(38)50/h1-31H. The summed E-state index contributed by atoms with van der Waals surface area (Å²) in [4.78, 5) is 5.42. The topological polar surface area (TPSA) is 12.9 Å². The van der Waals surface area contributed by atoms with Gasteiger partial charge in [-0.05, 0) is 85.0 Å². The number of pyridine rings is 1. The van der Waals surface area contributed by atoms with Crippen LogP contribution in [0.25, 0.3) is 77.4 Å². The molecule has 1 heterocycles. The first-order valence-corrected chi connectivity index (χ1v) is 17.7. The van der Waals surface area contributed by atoms with E-state index in [1.54, 1.807) is 0 Å². The van der Waals surface area contributed by atoms with Gasteiger partial charge in [0.2, 0.25) is 0 Å². The van der Waals surface area contributed by atoms with E-state index in [1.807, 2.05) is 0 Å². The fourth-order valence-electron chi connectivity index (χ4n) is 9.20. The molecule has 1 aromatic heterocycles. The maximum absolute atomic E-state index is 5.42. The molecule has 0 unspecified atom stereocenters. The third-order valence-electron chi connectivity index (χ3n) is 11.3. The SMILES string of the molecule is c1ccc(-c2cccc(-c3cccc(-c4nc5ccccc5c5c6c(ccc45)C4(c5ccccc5-c5ccccc54)c4ccccc4-6)c3)c2)cc1. The van der Waals surface area contributed by atoms with Gasteiger partial charge in [-0.1, -0.05) is 170 Å². The van der Waals surface area contributed by atoms with Gasteiger partial charge in [-0.2, -0.15) is 0 Å². The first-order valence-electron chi connectivity index (χ1n) is 17.7. The predicted molar refractivity (Wildman–Crippen MR) is 212 cm³/mol. The third kappa shape index (κ3) is 3.89. The van der Waals surface area contributed by atoms with E-state index in [1.165, 1.54) is 82.9 Å². The fourth-order valence-corrected chi connectivity index (χ4v) is 9.20. The highest BCUT2D eigenvalue weighted by atomic mass is 14.7. The Morgan fingerprint density at radius 3 is 1.55 bits per heavy atom. The van der Waals surface area contributed by atoms with Crippen LogP contribution in [0.4, 0.5) is 0 Å². The van der Waals surface area contributed by atoms with Crippen LogP contribution in [0, 0.1) is 0 Å². The number of fused-ring (bicyclic) bond motifs is 14. The zero-order valence-electron chi connectivity index (χ0n) is 27.8. The normalized spacial score (nSPS) is 13.3. The first-order chi connectivity index (χ1) is 25.3. The van der Waals surface area contributed by atoms with E-state index in [4.69, 9.17) is 4.98 Å². The van der Waals surface area contributed by atoms with E-state index >= 15 is 0 Å². The van der Waals surface area contributed by atoms with Crippen molar-refractivity contribution in [1.29, 1.82) is 0 Å². The van der Waals surface area contributed by atoms with E-state index in [2.05, 4.69) is 188 Å². The molecule has 9 aromatic rings. The maximum Gasteiger partial charge on any atom is 0.0788 e. The molecule has 0 saturated heterocycles. The van der Waals surface area contributed by atoms with Crippen LogP contribution in [-0.4, -0.2) is 4.98 Å². The second kappa shape index (κ2) is 10.7. The van der Waals surface area contributed by atoms with Gasteiger partial charge in [0.1, 0.15) is 0 Å². The van der Waals surface area contributed by atoms with Crippen molar-refractivity contribution >= 4 is 21.7 Å². The Hall–Kier alpha value is -6.57. The summed E-state index contributed by atoms with van der Waals surface area (Å²) in [6.45, 7) is 0. The van der Waals surface area contributed by atoms with Gasteiger partial charge < -0.3 is 0 Å². The summed E-state index contributed by atoms with van der Waals surface area (Å²) in [5, 5.41) is 3.64. The second-order valence-corrected chi connectivity index (χ2v) is 13.8. The van der Waals surface area contributed by atoms with Gasteiger partial charge in [0.15, 0.2) is 0 Å². The van der Waals surface area contributed by atoms with E-state index in [9.17, 15) is 0 Å². The Kier molecular flexibility index (Phi) is 5.94. The summed E-state index contributed by atoms with van der Waals surface area (Å²) in [5.41, 5.74) is 18.3. The molecule has 1 heteroatoms. The number of hydrogen-bond donors (Lipinski definition) is 0. The minimum Gasteiger partial charge on any atom is -0.247 e. The minimum absolute atomic E-state index is 0.387. The molecule has 0 saturated carbocycles. The molecule has 0 amide bonds. The van der Waals surface area contributed by atoms with Gasteiger partial charge in [-0.25, -0.2) is 4.98 Å². The Balaban J connectivity index is 1.19. The molecule has 2 aliphatic rings. The molecule has 1 nitrogen and oxygen atoms in total. The lowest BCUT2D eigenvalue weighted by molar-refractivity contribution is 0.794. The van der Waals surface area contributed by atoms with E-state index in [-0.39, 0.29) is 5.41 Å². The number of para-hydroxylation sites is 1. The largest absolute Gasteiger partial charge is 0.247 e. The summed E-state index contributed by atoms with van der Waals surface area (Å²) in [7, 11) is 0. The molecule has 2 aliphatic carbocycles. The van der Waals surface area contributed by atoms with Gasteiger partial charge >= 0.3 is 0 Å². The number of hydrogen-bond acceptors (Lipinski definition) is 1. The summed E-state index contributed by atoms with van der Waals surface area (Å²) < 4.78 is 0. The average Bonchev–Trinajstić information content (AvgIpc) is 3.68. The number of benzene rings is 8. The monoisotopic (exact) mass is 645 g/mol. The molecule has 1 spiro atoms. The lowest BCUT2D eigenvalue weighted by Gasteiger charge is -2.30. The quantitative estimate of drug-likeness (QED) is 0.174. The molecule has 0 radical (unpaired) electrons. The van der Waals surface area contributed by atoms with Crippen LogP contribution >= 0.6 is 0 Å². The van der Waals surface area contributed by atoms with Crippen LogP contribution in [-0.2, 0) is 5.41 Å². The second-order valence-electron chi connectivity index (χ2n) is 13.8. The van der Waals surface area contributed by atoms with Gasteiger partial charge in [0.05, 0.1) is 16.6 Å². The molecule has 236 valence electrons. The summed E-state index contributed by atoms with van der Waals surface area (Å²) in [6.07, 6.45) is 0. The molecule has 51 heavy (non-hydrogen) atoms. The van der Waals surface area contributed by atoms with Crippen molar-refractivity contribution in [2.45, 2.75) is 5.41 Å². The van der Waals surface area contributed by atoms with Crippen molar-refractivity contribution < 1.29 is 0 Å². The first kappa shape index (κ1) is 28.3. The van der Waals surface area contributed by atoms with Gasteiger partial charge in [-0.15, -0.1) is 0 Å². The molecular formula is C50H31N. The van der Waals surface area contributed by atoms with Crippen LogP contribution in [0.2, 0.25) is 0 Å². The van der Waals surface area contributed by atoms with Crippen molar-refractivity contribution in [1.82, 2.24) is 4.98 Å². The average molecular weight is 646 g/mol. The highest BCUT2D eigenvalue weighted by molar-refractivity contribution is 6.20. The van der Waals surface area contributed by atoms with E-state index in [0.717, 1.165) is 16.8 Å². The van der Waals surface area contributed by atoms with Gasteiger partial charge in [-0.3, -0.25) is 0 Å². The molecule has 0 N–H and O–H groups in total. The summed E-state index contributed by atoms with van der Waals surface area (Å²) >= 11 is 0. The summed E-state index contributed by atoms with van der Waals surface area (Å²) in [6, 6.07) is 68.9. The van der Waals surface area contributed by atoms with Crippen molar-refractivity contribution in [2.75, 3.05) is 0 Å². The fraction of sp³-hybridized carbons (Fsp3) is 0.0200. The summed E-state index contributed by atoms with van der Waals surface area (Å²) in [5.74, 6) is 0. The van der Waals surface area contributed by atoms with Crippen molar-refractivity contribution in [3.05, 3.63) is 210 Å². The third-order valence-corrected chi connectivity index (χ3v) is 11.3. The molecule has 0 atom stereocenters. The van der Waals surface area contributed by atoms with Crippen molar-refractivity contribution in [3.8, 4) is 55.8 Å². The minimum atomic E-state index is -0.387. The predicted octanol–water partition coefficient (Wildman–Crippen LogP) is 12.7. The Morgan fingerprint density at radius 1 is 0.333 bits per heavy atom. The smallest absolute Gasteiger partial charge is 0.0788 e. The Bertz CT molecular complexity index is 2820. The zero-order valence-corrected chi connectivity index (χ0v) is 27.8. The highest BCUT2D eigenvalue weighted by Gasteiger charge is 2.52. The molecule has 0 fully saturated rings. The molecule has 8 aromatic carbocycles. The molecule has 0 aliphatic heterocycles. The van der Waals surface area contributed by atoms with Gasteiger partial charge in [0.25, 0.3) is 0 Å². The van der Waals surface area contributed by atoms with Crippen LogP contribution in [0.5, 0.6) is 0 Å². The maximum atomic E-state index is 5.42. The lowest BCUT2D eigenvalue weighted by Crippen LogP contribution is -2.25. The van der Waals surface area contributed by atoms with Crippen LogP contribution in [0.1, 0.15) is 22.3 Å². The highest BCUT2D eigenvalue weighted by Crippen LogP contribution is 2.64.